The Bertz CT molecular complexity index is 1380. The first-order valence-corrected chi connectivity index (χ1v) is 12.8. The molecule has 0 aliphatic carbocycles. The molecule has 0 spiro atoms. The molecular formula is C25H20N2Si. The molecule has 3 heteroatoms. The molecule has 28 heavy (non-hydrogen) atoms. The molecule has 0 N–H and O–H groups in total. The van der Waals surface area contributed by atoms with E-state index in [4.69, 9.17) is 4.98 Å². The van der Waals surface area contributed by atoms with Gasteiger partial charge >= 0.3 is 0 Å². The fourth-order valence-corrected chi connectivity index (χ4v) is 7.94. The van der Waals surface area contributed by atoms with Gasteiger partial charge in [-0.05, 0) is 40.7 Å². The van der Waals surface area contributed by atoms with Crippen molar-refractivity contribution in [2.24, 2.45) is 0 Å². The lowest BCUT2D eigenvalue weighted by Crippen LogP contribution is -2.53. The SMILES string of the molecule is C[Si]1(C)c2cccnc2-c2cccc3c2c2c1cccc2n3-c1ccccc1. The Labute approximate surface area is 165 Å². The topological polar surface area (TPSA) is 17.8 Å². The van der Waals surface area contributed by atoms with Crippen LogP contribution in [0.25, 0.3) is 38.8 Å². The van der Waals surface area contributed by atoms with Crippen LogP contribution in [0, 0.1) is 0 Å². The van der Waals surface area contributed by atoms with E-state index in [1.807, 2.05) is 6.20 Å². The first-order chi connectivity index (χ1) is 13.7. The van der Waals surface area contributed by atoms with Crippen LogP contribution in [0.3, 0.4) is 0 Å². The number of hydrogen-bond acceptors (Lipinski definition) is 1. The molecule has 0 radical (unpaired) electrons. The van der Waals surface area contributed by atoms with Crippen molar-refractivity contribution in [2.45, 2.75) is 13.1 Å². The van der Waals surface area contributed by atoms with E-state index >= 15 is 0 Å². The van der Waals surface area contributed by atoms with Crippen LogP contribution in [0.2, 0.25) is 13.1 Å². The highest BCUT2D eigenvalue weighted by molar-refractivity contribution is 7.03. The van der Waals surface area contributed by atoms with Crippen LogP contribution in [0.15, 0.2) is 85.1 Å². The minimum Gasteiger partial charge on any atom is -0.309 e. The minimum atomic E-state index is -1.90. The van der Waals surface area contributed by atoms with Gasteiger partial charge in [-0.2, -0.15) is 0 Å². The zero-order valence-electron chi connectivity index (χ0n) is 16.0. The quantitative estimate of drug-likeness (QED) is 0.377. The van der Waals surface area contributed by atoms with Gasteiger partial charge in [0.05, 0.1) is 16.7 Å². The van der Waals surface area contributed by atoms with Crippen molar-refractivity contribution >= 4 is 40.3 Å². The maximum atomic E-state index is 4.88. The summed E-state index contributed by atoms with van der Waals surface area (Å²) in [6, 6.07) is 28.6. The summed E-state index contributed by atoms with van der Waals surface area (Å²) in [5, 5.41) is 5.68. The summed E-state index contributed by atoms with van der Waals surface area (Å²) in [7, 11) is -1.90. The average Bonchev–Trinajstić information content (AvgIpc) is 3.04. The van der Waals surface area contributed by atoms with Crippen molar-refractivity contribution in [3.8, 4) is 16.9 Å². The summed E-state index contributed by atoms with van der Waals surface area (Å²) in [4.78, 5) is 4.88. The molecular weight excluding hydrogens is 356 g/mol. The van der Waals surface area contributed by atoms with Crippen molar-refractivity contribution < 1.29 is 0 Å². The molecule has 1 aliphatic heterocycles. The molecule has 0 saturated carbocycles. The van der Waals surface area contributed by atoms with E-state index in [1.54, 1.807) is 0 Å². The molecule has 0 fully saturated rings. The summed E-state index contributed by atoms with van der Waals surface area (Å²) >= 11 is 0. The normalized spacial score (nSPS) is 14.4. The number of para-hydroxylation sites is 1. The van der Waals surface area contributed by atoms with Gasteiger partial charge in [-0.15, -0.1) is 0 Å². The van der Waals surface area contributed by atoms with Crippen molar-refractivity contribution in [3.05, 3.63) is 85.1 Å². The third-order valence-electron chi connectivity index (χ3n) is 6.24. The Morgan fingerprint density at radius 2 is 1.39 bits per heavy atom. The fourth-order valence-electron chi connectivity index (χ4n) is 4.95. The summed E-state index contributed by atoms with van der Waals surface area (Å²) < 4.78 is 2.41. The second-order valence-corrected chi connectivity index (χ2v) is 12.4. The highest BCUT2D eigenvalue weighted by Gasteiger charge is 2.35. The largest absolute Gasteiger partial charge is 0.309 e. The van der Waals surface area contributed by atoms with Crippen molar-refractivity contribution in [3.63, 3.8) is 0 Å². The lowest BCUT2D eigenvalue weighted by molar-refractivity contribution is 1.18. The Balaban J connectivity index is 1.92. The smallest absolute Gasteiger partial charge is 0.115 e. The molecule has 3 heterocycles. The molecule has 0 amide bonds. The van der Waals surface area contributed by atoms with Crippen LogP contribution < -0.4 is 10.4 Å². The number of hydrogen-bond donors (Lipinski definition) is 0. The van der Waals surface area contributed by atoms with Gasteiger partial charge in [0.15, 0.2) is 0 Å². The maximum absolute atomic E-state index is 4.88. The average molecular weight is 377 g/mol. The predicted molar refractivity (Wildman–Crippen MR) is 121 cm³/mol. The van der Waals surface area contributed by atoms with Crippen LogP contribution >= 0.6 is 0 Å². The van der Waals surface area contributed by atoms with E-state index in [1.165, 1.54) is 43.4 Å². The predicted octanol–water partition coefficient (Wildman–Crippen LogP) is 4.98. The van der Waals surface area contributed by atoms with Crippen molar-refractivity contribution in [1.29, 1.82) is 0 Å². The molecule has 0 bridgehead atoms. The van der Waals surface area contributed by atoms with Gasteiger partial charge in [0.2, 0.25) is 0 Å². The van der Waals surface area contributed by atoms with Crippen LogP contribution in [0.1, 0.15) is 0 Å². The number of pyridine rings is 1. The second-order valence-electron chi connectivity index (χ2n) is 8.09. The first-order valence-electron chi connectivity index (χ1n) is 9.76. The Hall–Kier alpha value is -3.17. The molecule has 5 aromatic rings. The molecule has 0 unspecified atom stereocenters. The Morgan fingerprint density at radius 3 is 2.21 bits per heavy atom. The van der Waals surface area contributed by atoms with Gasteiger partial charge in [0.1, 0.15) is 8.07 Å². The highest BCUT2D eigenvalue weighted by Crippen LogP contribution is 2.39. The third-order valence-corrected chi connectivity index (χ3v) is 9.75. The zero-order valence-corrected chi connectivity index (χ0v) is 17.0. The minimum absolute atomic E-state index is 1.16. The lowest BCUT2D eigenvalue weighted by atomic mass is 10.0. The van der Waals surface area contributed by atoms with Gasteiger partial charge < -0.3 is 4.57 Å². The molecule has 0 saturated heterocycles. The number of rotatable bonds is 1. The zero-order chi connectivity index (χ0) is 18.9. The highest BCUT2D eigenvalue weighted by atomic mass is 28.3. The summed E-state index contributed by atoms with van der Waals surface area (Å²) in [5.41, 5.74) is 6.18. The van der Waals surface area contributed by atoms with E-state index in [-0.39, 0.29) is 0 Å². The number of nitrogens with zero attached hydrogens (tertiary/aromatic N) is 2. The molecule has 2 aromatic heterocycles. The molecule has 134 valence electrons. The summed E-state index contributed by atoms with van der Waals surface area (Å²) in [5.74, 6) is 0. The lowest BCUT2D eigenvalue weighted by Gasteiger charge is -2.25. The van der Waals surface area contributed by atoms with E-state index < -0.39 is 8.07 Å². The van der Waals surface area contributed by atoms with Gasteiger partial charge in [-0.25, -0.2) is 0 Å². The standard InChI is InChI=1S/C25H20N2Si/c1-28(2)21-14-7-13-20-24(21)23-18(25-22(28)15-8-16-26-25)11-6-12-19(23)27(20)17-9-4-3-5-10-17/h3-16H,1-2H3. The molecule has 1 aliphatic rings. The molecule has 6 rings (SSSR count). The van der Waals surface area contributed by atoms with Crippen molar-refractivity contribution in [2.75, 3.05) is 0 Å². The van der Waals surface area contributed by atoms with Crippen LogP contribution in [-0.2, 0) is 0 Å². The van der Waals surface area contributed by atoms with Gasteiger partial charge in [-0.3, -0.25) is 4.98 Å². The van der Waals surface area contributed by atoms with Gasteiger partial charge in [0, 0.05) is 28.2 Å². The van der Waals surface area contributed by atoms with Crippen LogP contribution in [0.5, 0.6) is 0 Å². The van der Waals surface area contributed by atoms with Crippen LogP contribution in [0.4, 0.5) is 0 Å². The number of benzene rings is 3. The first kappa shape index (κ1) is 15.8. The van der Waals surface area contributed by atoms with E-state index in [0.29, 0.717) is 0 Å². The second kappa shape index (κ2) is 5.43. The number of aromatic nitrogens is 2. The molecule has 2 nitrogen and oxygen atoms in total. The number of fused-ring (bicyclic) bond motifs is 2. The van der Waals surface area contributed by atoms with Gasteiger partial charge in [0.25, 0.3) is 0 Å². The van der Waals surface area contributed by atoms with Gasteiger partial charge in [-0.1, -0.05) is 61.6 Å². The molecule has 3 aromatic carbocycles. The maximum Gasteiger partial charge on any atom is 0.115 e. The van der Waals surface area contributed by atoms with E-state index in [2.05, 4.69) is 96.5 Å². The fraction of sp³-hybridized carbons (Fsp3) is 0.0800. The summed E-state index contributed by atoms with van der Waals surface area (Å²) in [6.07, 6.45) is 1.93. The van der Waals surface area contributed by atoms with E-state index in [0.717, 1.165) is 5.69 Å². The van der Waals surface area contributed by atoms with Crippen molar-refractivity contribution in [1.82, 2.24) is 9.55 Å². The Kier molecular flexibility index (Phi) is 3.07. The Morgan fingerprint density at radius 1 is 0.679 bits per heavy atom. The van der Waals surface area contributed by atoms with E-state index in [9.17, 15) is 0 Å². The molecule has 0 atom stereocenters. The third kappa shape index (κ3) is 1.89. The summed E-state index contributed by atoms with van der Waals surface area (Å²) in [6.45, 7) is 4.92. The monoisotopic (exact) mass is 376 g/mol. The van der Waals surface area contributed by atoms with Crippen LogP contribution in [-0.4, -0.2) is 17.6 Å².